The highest BCUT2D eigenvalue weighted by Crippen LogP contribution is 2.60. The van der Waals surface area contributed by atoms with Crippen LogP contribution in [0.5, 0.6) is 0 Å². The van der Waals surface area contributed by atoms with Crippen LogP contribution in [0.15, 0.2) is 0 Å². The van der Waals surface area contributed by atoms with Gasteiger partial charge in [0.05, 0.1) is 11.8 Å². The largest absolute Gasteiger partial charge is 0.459 e. The minimum Gasteiger partial charge on any atom is -0.459 e. The molecule has 1 aliphatic heterocycles. The van der Waals surface area contributed by atoms with Gasteiger partial charge in [-0.3, -0.25) is 14.1 Å². The second kappa shape index (κ2) is 10.2. The Balaban J connectivity index is 1.16. The van der Waals surface area contributed by atoms with Crippen LogP contribution < -0.4 is 0 Å². The average Bonchev–Trinajstić information content (AvgIpc) is 3.66. The molecule has 10 atom stereocenters. The molecule has 0 amide bonds. The minimum absolute atomic E-state index is 0.299. The molecule has 4 saturated carbocycles. The van der Waals surface area contributed by atoms with Crippen LogP contribution in [0.25, 0.3) is 0 Å². The van der Waals surface area contributed by atoms with E-state index in [4.69, 9.17) is 23.5 Å². The van der Waals surface area contributed by atoms with Crippen LogP contribution in [0.1, 0.15) is 52.4 Å². The van der Waals surface area contributed by atoms with Crippen molar-refractivity contribution in [2.45, 2.75) is 81.5 Å². The molecule has 5 rings (SSSR count). The maximum absolute atomic E-state index is 13.5. The number of carbonyl (C=O) groups is 4. The van der Waals surface area contributed by atoms with Crippen molar-refractivity contribution < 1.29 is 64.6 Å². The first-order chi connectivity index (χ1) is 18.7. The van der Waals surface area contributed by atoms with Gasteiger partial charge in [0.25, 0.3) is 0 Å². The predicted octanol–water partition coefficient (Wildman–Crippen LogP) is 1.65. The van der Waals surface area contributed by atoms with Gasteiger partial charge in [-0.15, -0.1) is 0 Å². The van der Waals surface area contributed by atoms with Crippen LogP contribution in [0.4, 0.5) is 8.78 Å². The molecular formula is C25H32F2O12S. The van der Waals surface area contributed by atoms with Gasteiger partial charge < -0.3 is 23.7 Å². The molecule has 0 aromatic heterocycles. The van der Waals surface area contributed by atoms with Crippen molar-refractivity contribution in [3.8, 4) is 0 Å². The summed E-state index contributed by atoms with van der Waals surface area (Å²) < 4.78 is 83.4. The van der Waals surface area contributed by atoms with Crippen molar-refractivity contribution in [3.63, 3.8) is 0 Å². The molecule has 4 aliphatic carbocycles. The number of alkyl halides is 2. The van der Waals surface area contributed by atoms with Gasteiger partial charge in [0.2, 0.25) is 0 Å². The van der Waals surface area contributed by atoms with Crippen LogP contribution in [0.3, 0.4) is 0 Å². The van der Waals surface area contributed by atoms with E-state index in [1.165, 1.54) is 0 Å². The number of halogens is 2. The molecule has 1 heterocycles. The number of carbonyl (C=O) groups excluding carboxylic acids is 4. The fraction of sp³-hybridized carbons (Fsp3) is 0.840. The maximum Gasteiger partial charge on any atom is 0.405 e. The van der Waals surface area contributed by atoms with E-state index in [1.807, 2.05) is 6.92 Å². The first-order valence-electron chi connectivity index (χ1n) is 13.4. The lowest BCUT2D eigenvalue weighted by molar-refractivity contribution is -0.182. The number of hydrogen-bond acceptors (Lipinski definition) is 11. The monoisotopic (exact) mass is 594 g/mol. The fourth-order valence-corrected chi connectivity index (χ4v) is 8.14. The average molecular weight is 595 g/mol. The second-order valence-corrected chi connectivity index (χ2v) is 13.0. The third kappa shape index (κ3) is 4.77. The van der Waals surface area contributed by atoms with Crippen LogP contribution in [0.2, 0.25) is 0 Å². The number of hydrogen-bond donors (Lipinski definition) is 1. The van der Waals surface area contributed by atoms with Gasteiger partial charge in [0.15, 0.2) is 6.10 Å². The van der Waals surface area contributed by atoms with E-state index in [9.17, 15) is 36.4 Å². The molecule has 0 spiro atoms. The van der Waals surface area contributed by atoms with Crippen molar-refractivity contribution >= 4 is 34.0 Å². The zero-order valence-electron chi connectivity index (χ0n) is 22.0. The second-order valence-electron chi connectivity index (χ2n) is 11.6. The van der Waals surface area contributed by atoms with E-state index >= 15 is 0 Å². The quantitative estimate of drug-likeness (QED) is 0.209. The highest BCUT2D eigenvalue weighted by atomic mass is 32.2. The molecule has 0 aromatic carbocycles. The standard InChI is InChI=1S/C25H32F2O12S/c1-3-24(8-12-4-5-13(24)6-12)39-23(31)19-15-7-14-18(19)22(30)38-21(14)20(15)37-17(29)10-35-9-16(28)36-11(2)25(26,27)40(32,33)34/h11-15,18-21H,3-10H2,1-2H3,(H,32,33,34). The molecule has 0 aromatic rings. The fourth-order valence-electron chi connectivity index (χ4n) is 7.67. The highest BCUT2D eigenvalue weighted by molar-refractivity contribution is 7.86. The molecule has 10 unspecified atom stereocenters. The summed E-state index contributed by atoms with van der Waals surface area (Å²) in [4.78, 5) is 50.4. The van der Waals surface area contributed by atoms with E-state index in [2.05, 4.69) is 4.74 Å². The van der Waals surface area contributed by atoms with Gasteiger partial charge in [-0.1, -0.05) is 6.92 Å². The first-order valence-corrected chi connectivity index (χ1v) is 14.9. The van der Waals surface area contributed by atoms with Crippen LogP contribution >= 0.6 is 0 Å². The van der Waals surface area contributed by atoms with E-state index in [0.29, 0.717) is 31.6 Å². The van der Waals surface area contributed by atoms with Gasteiger partial charge >= 0.3 is 39.2 Å². The summed E-state index contributed by atoms with van der Waals surface area (Å²) >= 11 is 0. The molecule has 15 heteroatoms. The van der Waals surface area contributed by atoms with Gasteiger partial charge in [0.1, 0.15) is 31.0 Å². The molecule has 4 bridgehead atoms. The Morgan fingerprint density at radius 1 is 1.15 bits per heavy atom. The van der Waals surface area contributed by atoms with Crippen molar-refractivity contribution in [1.82, 2.24) is 0 Å². The van der Waals surface area contributed by atoms with Gasteiger partial charge in [-0.25, -0.2) is 9.59 Å². The molecule has 224 valence electrons. The lowest BCUT2D eigenvalue weighted by Gasteiger charge is -2.39. The summed E-state index contributed by atoms with van der Waals surface area (Å²) in [6.07, 6.45) is 0.941. The Bertz CT molecular complexity index is 1190. The molecule has 5 aliphatic rings. The molecular weight excluding hydrogens is 562 g/mol. The number of esters is 4. The summed E-state index contributed by atoms with van der Waals surface area (Å²) in [6.45, 7) is 0.768. The van der Waals surface area contributed by atoms with Crippen molar-refractivity contribution in [2.24, 2.45) is 35.5 Å². The third-order valence-electron chi connectivity index (χ3n) is 9.47. The topological polar surface area (TPSA) is 169 Å². The van der Waals surface area contributed by atoms with Crippen molar-refractivity contribution in [3.05, 3.63) is 0 Å². The van der Waals surface area contributed by atoms with E-state index in [1.54, 1.807) is 0 Å². The Labute approximate surface area is 229 Å². The molecule has 0 radical (unpaired) electrons. The number of rotatable bonds is 11. The first kappa shape index (κ1) is 29.1. The summed E-state index contributed by atoms with van der Waals surface area (Å²) in [5.74, 6) is -4.78. The van der Waals surface area contributed by atoms with Gasteiger partial charge in [0, 0.05) is 11.8 Å². The number of fused-ring (bicyclic) bond motifs is 3. The molecule has 1 N–H and O–H groups in total. The lowest BCUT2D eigenvalue weighted by Crippen LogP contribution is -2.47. The van der Waals surface area contributed by atoms with E-state index in [-0.39, 0.29) is 5.92 Å². The maximum atomic E-state index is 13.5. The molecule has 40 heavy (non-hydrogen) atoms. The summed E-state index contributed by atoms with van der Waals surface area (Å²) in [5, 5.41) is -4.74. The van der Waals surface area contributed by atoms with Crippen LogP contribution in [-0.2, 0) is 53.0 Å². The third-order valence-corrected chi connectivity index (χ3v) is 10.5. The predicted molar refractivity (Wildman–Crippen MR) is 126 cm³/mol. The molecule has 12 nitrogen and oxygen atoms in total. The van der Waals surface area contributed by atoms with Crippen LogP contribution in [-0.4, -0.2) is 79.2 Å². The zero-order valence-corrected chi connectivity index (χ0v) is 22.8. The zero-order chi connectivity index (χ0) is 29.2. The Morgan fingerprint density at radius 2 is 1.85 bits per heavy atom. The summed E-state index contributed by atoms with van der Waals surface area (Å²) in [5.41, 5.74) is -0.540. The van der Waals surface area contributed by atoms with Crippen molar-refractivity contribution in [2.75, 3.05) is 13.2 Å². The van der Waals surface area contributed by atoms with Crippen molar-refractivity contribution in [1.29, 1.82) is 0 Å². The Hall–Kier alpha value is -2.39. The Kier molecular flexibility index (Phi) is 7.39. The smallest absolute Gasteiger partial charge is 0.405 e. The lowest BCUT2D eigenvalue weighted by atomic mass is 9.77. The van der Waals surface area contributed by atoms with E-state index in [0.717, 1.165) is 25.7 Å². The molecule has 1 saturated heterocycles. The molecule has 5 fully saturated rings. The highest BCUT2D eigenvalue weighted by Gasteiger charge is 2.70. The summed E-state index contributed by atoms with van der Waals surface area (Å²) in [6, 6.07) is 0. The van der Waals surface area contributed by atoms with E-state index < -0.39 is 94.1 Å². The summed E-state index contributed by atoms with van der Waals surface area (Å²) in [7, 11) is -5.83. The Morgan fingerprint density at radius 3 is 2.45 bits per heavy atom. The minimum atomic E-state index is -5.83. The van der Waals surface area contributed by atoms with Gasteiger partial charge in [-0.2, -0.15) is 17.2 Å². The van der Waals surface area contributed by atoms with Crippen LogP contribution in [0, 0.1) is 35.5 Å². The number of ether oxygens (including phenoxy) is 5. The SMILES string of the molecule is CCC1(OC(=O)C2C3CC4C(OC(=O)C42)C3OC(=O)COCC(=O)OC(C)C(F)(F)S(=O)(=O)O)CC2CCC1C2. The normalized spacial score (nSPS) is 38.3. The van der Waals surface area contributed by atoms with Gasteiger partial charge in [-0.05, 0) is 57.3 Å².